The van der Waals surface area contributed by atoms with Crippen LogP contribution in [0.25, 0.3) is 0 Å². The van der Waals surface area contributed by atoms with Crippen LogP contribution in [0, 0.1) is 0 Å². The first-order valence-electron chi connectivity index (χ1n) is 5.96. The van der Waals surface area contributed by atoms with E-state index >= 15 is 0 Å². The number of carbonyl (C=O) groups excluding carboxylic acids is 2. The highest BCUT2D eigenvalue weighted by Gasteiger charge is 2.36. The molecule has 2 saturated heterocycles. The largest absolute Gasteiger partial charge is 0.378 e. The monoisotopic (exact) mass is 260 g/mol. The molecule has 0 spiro atoms. The Kier molecular flexibility index (Phi) is 4.23. The van der Waals surface area contributed by atoms with E-state index in [2.05, 4.69) is 0 Å². The van der Waals surface area contributed by atoms with Crippen molar-refractivity contribution in [1.29, 1.82) is 0 Å². The minimum atomic E-state index is -0.306. The zero-order chi connectivity index (χ0) is 12.3. The van der Waals surface area contributed by atoms with E-state index in [1.165, 1.54) is 0 Å². The van der Waals surface area contributed by atoms with E-state index in [9.17, 15) is 9.59 Å². The third kappa shape index (κ3) is 2.72. The van der Waals surface area contributed by atoms with Gasteiger partial charge in [0, 0.05) is 19.6 Å². The van der Waals surface area contributed by atoms with E-state index < -0.39 is 0 Å². The van der Waals surface area contributed by atoms with Crippen molar-refractivity contribution >= 4 is 23.4 Å². The molecule has 0 aromatic heterocycles. The van der Waals surface area contributed by atoms with Gasteiger partial charge in [0.1, 0.15) is 11.9 Å². The SMILES string of the molecule is O=C(C1CCCN1C(=O)CCl)N1CCOCC1. The van der Waals surface area contributed by atoms with Gasteiger partial charge in [-0.2, -0.15) is 0 Å². The molecule has 2 amide bonds. The van der Waals surface area contributed by atoms with Crippen LogP contribution in [-0.2, 0) is 14.3 Å². The maximum Gasteiger partial charge on any atom is 0.245 e. The molecule has 2 aliphatic rings. The van der Waals surface area contributed by atoms with Crippen LogP contribution in [-0.4, -0.2) is 66.4 Å². The van der Waals surface area contributed by atoms with Gasteiger partial charge in [-0.3, -0.25) is 9.59 Å². The minimum absolute atomic E-state index is 0.0456. The Hall–Kier alpha value is -0.810. The Bertz CT molecular complexity index is 305. The third-order valence-electron chi connectivity index (χ3n) is 3.30. The molecule has 0 bridgehead atoms. The van der Waals surface area contributed by atoms with E-state index in [1.54, 1.807) is 9.80 Å². The second kappa shape index (κ2) is 5.69. The number of hydrogen-bond donors (Lipinski definition) is 0. The Morgan fingerprint density at radius 3 is 2.59 bits per heavy atom. The predicted octanol–water partition coefficient (Wildman–Crippen LogP) is 0.0750. The molecule has 0 N–H and O–H groups in total. The lowest BCUT2D eigenvalue weighted by molar-refractivity contribution is -0.145. The summed E-state index contributed by atoms with van der Waals surface area (Å²) in [6.07, 6.45) is 1.63. The van der Waals surface area contributed by atoms with Crippen LogP contribution in [0.15, 0.2) is 0 Å². The van der Waals surface area contributed by atoms with Gasteiger partial charge in [-0.05, 0) is 12.8 Å². The van der Waals surface area contributed by atoms with Crippen LogP contribution in [0.4, 0.5) is 0 Å². The average molecular weight is 261 g/mol. The Balaban J connectivity index is 1.99. The first kappa shape index (κ1) is 12.6. The van der Waals surface area contributed by atoms with Crippen molar-refractivity contribution in [1.82, 2.24) is 9.80 Å². The Morgan fingerprint density at radius 1 is 1.24 bits per heavy atom. The van der Waals surface area contributed by atoms with Crippen molar-refractivity contribution in [2.45, 2.75) is 18.9 Å². The minimum Gasteiger partial charge on any atom is -0.378 e. The lowest BCUT2D eigenvalue weighted by Gasteiger charge is -2.32. The van der Waals surface area contributed by atoms with E-state index in [1.807, 2.05) is 0 Å². The molecule has 2 heterocycles. The smallest absolute Gasteiger partial charge is 0.245 e. The highest BCUT2D eigenvalue weighted by Crippen LogP contribution is 2.20. The maximum absolute atomic E-state index is 12.3. The van der Waals surface area contributed by atoms with Gasteiger partial charge in [0.2, 0.25) is 11.8 Å². The maximum atomic E-state index is 12.3. The van der Waals surface area contributed by atoms with Crippen molar-refractivity contribution in [3.8, 4) is 0 Å². The second-order valence-electron chi connectivity index (χ2n) is 4.32. The molecule has 2 rings (SSSR count). The number of likely N-dealkylation sites (tertiary alicyclic amines) is 1. The number of amides is 2. The number of nitrogens with zero attached hydrogens (tertiary/aromatic N) is 2. The average Bonchev–Trinajstić information content (AvgIpc) is 2.87. The zero-order valence-corrected chi connectivity index (χ0v) is 10.5. The van der Waals surface area contributed by atoms with Crippen LogP contribution in [0.2, 0.25) is 0 Å². The lowest BCUT2D eigenvalue weighted by Crippen LogP contribution is -2.51. The molecule has 6 heteroatoms. The molecule has 0 aromatic carbocycles. The molecule has 17 heavy (non-hydrogen) atoms. The van der Waals surface area contributed by atoms with E-state index in [-0.39, 0.29) is 23.7 Å². The number of morpholine rings is 1. The molecule has 2 aliphatic heterocycles. The topological polar surface area (TPSA) is 49.9 Å². The van der Waals surface area contributed by atoms with Gasteiger partial charge < -0.3 is 14.5 Å². The summed E-state index contributed by atoms with van der Waals surface area (Å²) in [5.74, 6) is -0.146. The first-order chi connectivity index (χ1) is 8.24. The van der Waals surface area contributed by atoms with Crippen LogP contribution in [0.5, 0.6) is 0 Å². The van der Waals surface area contributed by atoms with Gasteiger partial charge in [-0.15, -0.1) is 11.6 Å². The number of ether oxygens (including phenoxy) is 1. The van der Waals surface area contributed by atoms with Gasteiger partial charge in [0.15, 0.2) is 0 Å². The molecule has 0 aromatic rings. The molecule has 5 nitrogen and oxygen atoms in total. The molecular formula is C11H17ClN2O3. The van der Waals surface area contributed by atoms with Crippen LogP contribution in [0.1, 0.15) is 12.8 Å². The Morgan fingerprint density at radius 2 is 1.94 bits per heavy atom. The van der Waals surface area contributed by atoms with Crippen LogP contribution >= 0.6 is 11.6 Å². The standard InChI is InChI=1S/C11H17ClN2O3/c12-8-10(15)14-3-1-2-9(14)11(16)13-4-6-17-7-5-13/h9H,1-8H2. The summed E-state index contributed by atoms with van der Waals surface area (Å²) in [5, 5.41) is 0. The third-order valence-corrected chi connectivity index (χ3v) is 3.52. The molecule has 1 unspecified atom stereocenters. The summed E-state index contributed by atoms with van der Waals surface area (Å²) >= 11 is 5.55. The number of carbonyl (C=O) groups is 2. The molecule has 0 aliphatic carbocycles. The first-order valence-corrected chi connectivity index (χ1v) is 6.49. The number of alkyl halides is 1. The lowest BCUT2D eigenvalue weighted by atomic mass is 10.2. The van der Waals surface area contributed by atoms with E-state index in [0.717, 1.165) is 12.8 Å². The normalized spacial score (nSPS) is 25.1. The Labute approximate surface area is 106 Å². The molecule has 0 saturated carbocycles. The number of rotatable bonds is 2. The fraction of sp³-hybridized carbons (Fsp3) is 0.818. The fourth-order valence-electron chi connectivity index (χ4n) is 2.39. The zero-order valence-electron chi connectivity index (χ0n) is 9.73. The number of halogens is 1. The van der Waals surface area contributed by atoms with Gasteiger partial charge in [0.05, 0.1) is 13.2 Å². The van der Waals surface area contributed by atoms with Gasteiger partial charge in [0.25, 0.3) is 0 Å². The summed E-state index contributed by atoms with van der Waals surface area (Å²) < 4.78 is 5.21. The van der Waals surface area contributed by atoms with Crippen molar-refractivity contribution in [2.24, 2.45) is 0 Å². The molecular weight excluding hydrogens is 244 g/mol. The van der Waals surface area contributed by atoms with Crippen LogP contribution in [0.3, 0.4) is 0 Å². The van der Waals surface area contributed by atoms with Crippen LogP contribution < -0.4 is 0 Å². The van der Waals surface area contributed by atoms with Gasteiger partial charge >= 0.3 is 0 Å². The molecule has 2 fully saturated rings. The summed E-state index contributed by atoms with van der Waals surface area (Å²) in [6, 6.07) is -0.306. The predicted molar refractivity (Wildman–Crippen MR) is 62.9 cm³/mol. The fourth-order valence-corrected chi connectivity index (χ4v) is 2.55. The highest BCUT2D eigenvalue weighted by atomic mass is 35.5. The summed E-state index contributed by atoms with van der Waals surface area (Å²) in [6.45, 7) is 3.06. The number of hydrogen-bond acceptors (Lipinski definition) is 3. The van der Waals surface area contributed by atoms with Gasteiger partial charge in [-0.1, -0.05) is 0 Å². The summed E-state index contributed by atoms with van der Waals surface area (Å²) in [4.78, 5) is 27.3. The molecule has 96 valence electrons. The molecule has 0 radical (unpaired) electrons. The van der Waals surface area contributed by atoms with E-state index in [0.29, 0.717) is 32.8 Å². The van der Waals surface area contributed by atoms with E-state index in [4.69, 9.17) is 16.3 Å². The summed E-state index contributed by atoms with van der Waals surface area (Å²) in [5.41, 5.74) is 0. The van der Waals surface area contributed by atoms with Crippen molar-refractivity contribution < 1.29 is 14.3 Å². The van der Waals surface area contributed by atoms with Gasteiger partial charge in [-0.25, -0.2) is 0 Å². The molecule has 1 atom stereocenters. The quantitative estimate of drug-likeness (QED) is 0.661. The second-order valence-corrected chi connectivity index (χ2v) is 4.58. The van der Waals surface area contributed by atoms with Crippen molar-refractivity contribution in [3.63, 3.8) is 0 Å². The van der Waals surface area contributed by atoms with Crippen molar-refractivity contribution in [3.05, 3.63) is 0 Å². The summed E-state index contributed by atoms with van der Waals surface area (Å²) in [7, 11) is 0. The highest BCUT2D eigenvalue weighted by molar-refractivity contribution is 6.27. The van der Waals surface area contributed by atoms with Crippen molar-refractivity contribution in [2.75, 3.05) is 38.7 Å².